The van der Waals surface area contributed by atoms with E-state index in [0.717, 1.165) is 83.5 Å². The van der Waals surface area contributed by atoms with Gasteiger partial charge in [-0.15, -0.1) is 0 Å². The van der Waals surface area contributed by atoms with Gasteiger partial charge in [0.2, 0.25) is 0 Å². The fourth-order valence-electron chi connectivity index (χ4n) is 7.05. The molecule has 1 atom stereocenters. The van der Waals surface area contributed by atoms with Gasteiger partial charge in [-0.3, -0.25) is 14.4 Å². The molecule has 338 valence electrons. The highest BCUT2D eigenvalue weighted by molar-refractivity contribution is 5.71. The molecular weight excluding hydrogens is 721 g/mol. The van der Waals surface area contributed by atoms with Crippen molar-refractivity contribution in [2.45, 2.75) is 264 Å². The maximum atomic E-state index is 12.7. The van der Waals surface area contributed by atoms with Crippen LogP contribution in [0.15, 0.2) is 36.5 Å². The number of hydrogen-bond acceptors (Lipinski definition) is 6. The molecule has 6 nitrogen and oxygen atoms in total. The van der Waals surface area contributed by atoms with Crippen LogP contribution in [0.3, 0.4) is 0 Å². The van der Waals surface area contributed by atoms with Gasteiger partial charge in [0, 0.05) is 19.3 Å². The predicted octanol–water partition coefficient (Wildman–Crippen LogP) is 16.1. The Morgan fingerprint density at radius 3 is 1.00 bits per heavy atom. The molecule has 0 saturated carbocycles. The number of unbranched alkanes of at least 4 members (excludes halogenated alkanes) is 28. The molecule has 0 heterocycles. The van der Waals surface area contributed by atoms with E-state index in [0.29, 0.717) is 19.3 Å². The maximum Gasteiger partial charge on any atom is 0.306 e. The van der Waals surface area contributed by atoms with Gasteiger partial charge in [-0.05, 0) is 77.0 Å². The summed E-state index contributed by atoms with van der Waals surface area (Å²) in [6, 6.07) is 0. The fraction of sp³-hybridized carbons (Fsp3) is 0.827. The van der Waals surface area contributed by atoms with Crippen molar-refractivity contribution in [2.24, 2.45) is 0 Å². The van der Waals surface area contributed by atoms with Crippen molar-refractivity contribution in [3.8, 4) is 0 Å². The molecule has 0 aromatic rings. The molecule has 0 aromatic carbocycles. The highest BCUT2D eigenvalue weighted by Gasteiger charge is 2.19. The van der Waals surface area contributed by atoms with Gasteiger partial charge in [-0.1, -0.05) is 198 Å². The molecule has 0 saturated heterocycles. The molecule has 0 bridgehead atoms. The normalized spacial score (nSPS) is 12.3. The molecule has 58 heavy (non-hydrogen) atoms. The molecule has 0 spiro atoms. The van der Waals surface area contributed by atoms with Gasteiger partial charge in [0.15, 0.2) is 6.10 Å². The number of carbonyl (C=O) groups is 3. The van der Waals surface area contributed by atoms with Crippen molar-refractivity contribution in [2.75, 3.05) is 13.2 Å². The zero-order valence-corrected chi connectivity index (χ0v) is 38.6. The van der Waals surface area contributed by atoms with Gasteiger partial charge in [-0.2, -0.15) is 0 Å². The second-order valence-electron chi connectivity index (χ2n) is 16.7. The van der Waals surface area contributed by atoms with E-state index >= 15 is 0 Å². The molecule has 0 fully saturated rings. The first kappa shape index (κ1) is 55.6. The number of carbonyl (C=O) groups excluding carboxylic acids is 3. The van der Waals surface area contributed by atoms with Crippen LogP contribution in [0.25, 0.3) is 0 Å². The first-order valence-corrected chi connectivity index (χ1v) is 25.0. The van der Waals surface area contributed by atoms with Crippen molar-refractivity contribution in [1.29, 1.82) is 0 Å². The number of hydrogen-bond donors (Lipinski definition) is 0. The van der Waals surface area contributed by atoms with Crippen molar-refractivity contribution in [3.05, 3.63) is 36.5 Å². The minimum absolute atomic E-state index is 0.0756. The molecule has 0 amide bonds. The van der Waals surface area contributed by atoms with Crippen molar-refractivity contribution >= 4 is 17.9 Å². The topological polar surface area (TPSA) is 78.9 Å². The first-order chi connectivity index (χ1) is 28.5. The summed E-state index contributed by atoms with van der Waals surface area (Å²) >= 11 is 0. The average Bonchev–Trinajstić information content (AvgIpc) is 3.22. The smallest absolute Gasteiger partial charge is 0.306 e. The number of ether oxygens (including phenoxy) is 3. The summed E-state index contributed by atoms with van der Waals surface area (Å²) in [6.07, 6.45) is 54.1. The minimum atomic E-state index is -0.774. The lowest BCUT2D eigenvalue weighted by Gasteiger charge is -2.18. The lowest BCUT2D eigenvalue weighted by molar-refractivity contribution is -0.167. The summed E-state index contributed by atoms with van der Waals surface area (Å²) in [5, 5.41) is 0. The number of rotatable bonds is 45. The Hall–Kier alpha value is -2.37. The highest BCUT2D eigenvalue weighted by Crippen LogP contribution is 2.15. The van der Waals surface area contributed by atoms with Gasteiger partial charge >= 0.3 is 17.9 Å². The monoisotopic (exact) mass is 815 g/mol. The summed E-state index contributed by atoms with van der Waals surface area (Å²) in [6.45, 7) is 6.58. The van der Waals surface area contributed by atoms with E-state index in [1.165, 1.54) is 135 Å². The third-order valence-corrected chi connectivity index (χ3v) is 10.9. The Bertz CT molecular complexity index is 984. The molecular formula is C52H94O6. The largest absolute Gasteiger partial charge is 0.462 e. The Morgan fingerprint density at radius 2 is 0.621 bits per heavy atom. The molecule has 0 aromatic heterocycles. The summed E-state index contributed by atoms with van der Waals surface area (Å²) < 4.78 is 16.7. The van der Waals surface area contributed by atoms with E-state index in [-0.39, 0.29) is 31.1 Å². The second-order valence-corrected chi connectivity index (χ2v) is 16.7. The summed E-state index contributed by atoms with van der Waals surface area (Å²) in [7, 11) is 0. The van der Waals surface area contributed by atoms with Gasteiger partial charge in [-0.25, -0.2) is 0 Å². The Morgan fingerprint density at radius 1 is 0.345 bits per heavy atom. The van der Waals surface area contributed by atoms with Gasteiger partial charge < -0.3 is 14.2 Å². The predicted molar refractivity (Wildman–Crippen MR) is 247 cm³/mol. The van der Waals surface area contributed by atoms with Crippen LogP contribution in [0.4, 0.5) is 0 Å². The van der Waals surface area contributed by atoms with Crippen LogP contribution in [-0.4, -0.2) is 37.2 Å². The summed E-state index contributed by atoms with van der Waals surface area (Å²) in [5.41, 5.74) is 0. The van der Waals surface area contributed by atoms with E-state index in [1.54, 1.807) is 0 Å². The van der Waals surface area contributed by atoms with Crippen LogP contribution in [0.2, 0.25) is 0 Å². The Kier molecular flexibility index (Phi) is 45.4. The lowest BCUT2D eigenvalue weighted by Crippen LogP contribution is -2.30. The van der Waals surface area contributed by atoms with Crippen molar-refractivity contribution in [1.82, 2.24) is 0 Å². The Labute approximate surface area is 359 Å². The molecule has 0 aliphatic carbocycles. The van der Waals surface area contributed by atoms with Crippen LogP contribution in [0, 0.1) is 0 Å². The lowest BCUT2D eigenvalue weighted by atomic mass is 10.1. The van der Waals surface area contributed by atoms with Crippen LogP contribution < -0.4 is 0 Å². The zero-order valence-electron chi connectivity index (χ0n) is 38.6. The van der Waals surface area contributed by atoms with E-state index in [2.05, 4.69) is 57.2 Å². The van der Waals surface area contributed by atoms with E-state index in [9.17, 15) is 14.4 Å². The number of esters is 3. The third kappa shape index (κ3) is 44.7. The zero-order chi connectivity index (χ0) is 42.3. The van der Waals surface area contributed by atoms with Crippen molar-refractivity contribution in [3.63, 3.8) is 0 Å². The third-order valence-electron chi connectivity index (χ3n) is 10.9. The van der Waals surface area contributed by atoms with Crippen LogP contribution in [-0.2, 0) is 28.6 Å². The van der Waals surface area contributed by atoms with Crippen LogP contribution in [0.5, 0.6) is 0 Å². The SMILES string of the molecule is CCCCC/C=C\C/C=C\CCCCCCCCCC(=O)OCC(COC(=O)CCCCCCCCCCCCC)OC(=O)CCCCCCC/C=C\CCCCC. The molecule has 0 aliphatic rings. The summed E-state index contributed by atoms with van der Waals surface area (Å²) in [5.74, 6) is -0.887. The number of allylic oxidation sites excluding steroid dienone is 6. The second kappa shape index (κ2) is 47.3. The first-order valence-electron chi connectivity index (χ1n) is 25.0. The summed E-state index contributed by atoms with van der Waals surface area (Å²) in [4.78, 5) is 37.8. The van der Waals surface area contributed by atoms with Crippen molar-refractivity contribution < 1.29 is 28.6 Å². The maximum absolute atomic E-state index is 12.7. The minimum Gasteiger partial charge on any atom is -0.462 e. The highest BCUT2D eigenvalue weighted by atomic mass is 16.6. The van der Waals surface area contributed by atoms with Gasteiger partial charge in [0.05, 0.1) is 0 Å². The average molecular weight is 815 g/mol. The molecule has 0 radical (unpaired) electrons. The molecule has 0 aliphatic heterocycles. The molecule has 0 rings (SSSR count). The van der Waals surface area contributed by atoms with E-state index < -0.39 is 6.10 Å². The quantitative estimate of drug-likeness (QED) is 0.0264. The van der Waals surface area contributed by atoms with E-state index in [4.69, 9.17) is 14.2 Å². The van der Waals surface area contributed by atoms with Crippen LogP contribution in [0.1, 0.15) is 258 Å². The molecule has 1 unspecified atom stereocenters. The van der Waals surface area contributed by atoms with E-state index in [1.807, 2.05) is 0 Å². The van der Waals surface area contributed by atoms with Crippen LogP contribution >= 0.6 is 0 Å². The van der Waals surface area contributed by atoms with Gasteiger partial charge in [0.1, 0.15) is 13.2 Å². The molecule has 6 heteroatoms. The fourth-order valence-corrected chi connectivity index (χ4v) is 7.05. The Balaban J connectivity index is 4.35. The van der Waals surface area contributed by atoms with Gasteiger partial charge in [0.25, 0.3) is 0 Å². The molecule has 0 N–H and O–H groups in total. The standard InChI is InChI=1S/C52H94O6/c1-4-7-10-13-16-19-22-24-25-26-27-28-31-33-36-39-42-45-51(54)57-48-49(47-56-50(53)44-41-38-35-32-29-21-18-15-12-9-6-3)58-52(55)46-43-40-37-34-30-23-20-17-14-11-8-5-2/h16-17,19-20,24-25,49H,4-15,18,21-23,26-48H2,1-3H3/b19-16-,20-17-,25-24-.